The number of para-hydroxylation sites is 1. The van der Waals surface area contributed by atoms with Crippen LogP contribution in [0.25, 0.3) is 10.2 Å². The van der Waals surface area contributed by atoms with E-state index >= 15 is 0 Å². The molecule has 0 N–H and O–H groups in total. The minimum atomic E-state index is 0.502. The zero-order valence-corrected chi connectivity index (χ0v) is 13.6. The molecule has 0 saturated carbocycles. The van der Waals surface area contributed by atoms with Gasteiger partial charge in [-0.25, -0.2) is 0 Å². The number of nitrogens with zero attached hydrogens (tertiary/aromatic N) is 3. The van der Waals surface area contributed by atoms with Crippen LogP contribution in [0.1, 0.15) is 53.0 Å². The van der Waals surface area contributed by atoms with Crippen LogP contribution in [0.3, 0.4) is 0 Å². The molecule has 20 heavy (non-hydrogen) atoms. The average molecular weight is 289 g/mol. The number of aromatic nitrogens is 1. The van der Waals surface area contributed by atoms with Crippen LogP contribution in [0.15, 0.2) is 34.5 Å². The van der Waals surface area contributed by atoms with Crippen LogP contribution in [0, 0.1) is 0 Å². The van der Waals surface area contributed by atoms with Gasteiger partial charge in [0.25, 0.3) is 0 Å². The van der Waals surface area contributed by atoms with E-state index in [0.717, 1.165) is 16.9 Å². The lowest BCUT2D eigenvalue weighted by Crippen LogP contribution is -2.20. The van der Waals surface area contributed by atoms with E-state index in [4.69, 9.17) is 0 Å². The van der Waals surface area contributed by atoms with Crippen LogP contribution in [-0.2, 0) is 0 Å². The predicted octanol–water partition coefficient (Wildman–Crippen LogP) is 4.75. The molecule has 0 radical (unpaired) electrons. The molecule has 3 nitrogen and oxygen atoms in total. The number of rotatable bonds is 5. The molecule has 108 valence electrons. The standard InChI is InChI=1S/C16H23N3S/c1-5-9-13(6-2)19-14-10-7-8-11-15(14)20-16(19)18-17-12(3)4/h7-8,10-11,13H,5-6,9H2,1-4H3. The van der Waals surface area contributed by atoms with Crippen LogP contribution in [0.2, 0.25) is 0 Å². The SMILES string of the molecule is CCCC(CC)n1c(=NN=C(C)C)sc2ccccc21. The summed E-state index contributed by atoms with van der Waals surface area (Å²) < 4.78 is 3.65. The van der Waals surface area contributed by atoms with Crippen molar-refractivity contribution in [1.29, 1.82) is 0 Å². The Bertz CT molecular complexity index is 660. The number of thiazole rings is 1. The first kappa shape index (κ1) is 15.0. The van der Waals surface area contributed by atoms with E-state index in [2.05, 4.69) is 52.9 Å². The largest absolute Gasteiger partial charge is 0.312 e. The Morgan fingerprint density at radius 1 is 1.25 bits per heavy atom. The van der Waals surface area contributed by atoms with E-state index in [1.807, 2.05) is 13.8 Å². The zero-order valence-electron chi connectivity index (χ0n) is 12.8. The lowest BCUT2D eigenvalue weighted by Gasteiger charge is -2.17. The summed E-state index contributed by atoms with van der Waals surface area (Å²) in [6, 6.07) is 9.04. The molecule has 0 amide bonds. The molecular weight excluding hydrogens is 266 g/mol. The van der Waals surface area contributed by atoms with Crippen LogP contribution in [0.5, 0.6) is 0 Å². The minimum Gasteiger partial charge on any atom is -0.312 e. The Morgan fingerprint density at radius 3 is 2.65 bits per heavy atom. The summed E-state index contributed by atoms with van der Waals surface area (Å²) in [7, 11) is 0. The van der Waals surface area contributed by atoms with E-state index in [1.54, 1.807) is 11.3 Å². The number of hydrogen-bond acceptors (Lipinski definition) is 3. The third-order valence-corrected chi connectivity index (χ3v) is 4.35. The number of fused-ring (bicyclic) bond motifs is 1. The van der Waals surface area contributed by atoms with Crippen molar-refractivity contribution < 1.29 is 0 Å². The molecule has 1 heterocycles. The fourth-order valence-electron chi connectivity index (χ4n) is 2.41. The second-order valence-electron chi connectivity index (χ2n) is 5.22. The molecule has 1 unspecified atom stereocenters. The highest BCUT2D eigenvalue weighted by Gasteiger charge is 2.14. The van der Waals surface area contributed by atoms with Crippen molar-refractivity contribution in [3.63, 3.8) is 0 Å². The van der Waals surface area contributed by atoms with Gasteiger partial charge in [-0.2, -0.15) is 5.10 Å². The van der Waals surface area contributed by atoms with Gasteiger partial charge >= 0.3 is 0 Å². The van der Waals surface area contributed by atoms with E-state index in [-0.39, 0.29) is 0 Å². The normalized spacial score (nSPS) is 13.7. The summed E-state index contributed by atoms with van der Waals surface area (Å²) in [6.07, 6.45) is 3.49. The second-order valence-corrected chi connectivity index (χ2v) is 6.23. The Hall–Kier alpha value is -1.42. The van der Waals surface area contributed by atoms with Crippen LogP contribution in [-0.4, -0.2) is 10.3 Å². The van der Waals surface area contributed by atoms with Gasteiger partial charge in [0.15, 0.2) is 0 Å². The molecule has 1 aromatic carbocycles. The molecule has 2 rings (SSSR count). The summed E-state index contributed by atoms with van der Waals surface area (Å²) in [6.45, 7) is 8.44. The van der Waals surface area contributed by atoms with Crippen molar-refractivity contribution in [1.82, 2.24) is 4.57 Å². The van der Waals surface area contributed by atoms with E-state index < -0.39 is 0 Å². The maximum Gasteiger partial charge on any atom is 0.211 e. The molecule has 0 bridgehead atoms. The topological polar surface area (TPSA) is 29.6 Å². The quantitative estimate of drug-likeness (QED) is 0.561. The van der Waals surface area contributed by atoms with Crippen LogP contribution >= 0.6 is 11.3 Å². The third-order valence-electron chi connectivity index (χ3n) is 3.33. The zero-order chi connectivity index (χ0) is 14.5. The first-order valence-corrected chi connectivity index (χ1v) is 8.14. The second kappa shape index (κ2) is 6.84. The molecule has 2 aromatic rings. The van der Waals surface area contributed by atoms with Crippen molar-refractivity contribution in [3.8, 4) is 0 Å². The van der Waals surface area contributed by atoms with Gasteiger partial charge in [-0.05, 0) is 38.8 Å². The Morgan fingerprint density at radius 2 is 2.00 bits per heavy atom. The Kier molecular flexibility index (Phi) is 5.12. The summed E-state index contributed by atoms with van der Waals surface area (Å²) >= 11 is 1.72. The predicted molar refractivity (Wildman–Crippen MR) is 88.4 cm³/mol. The molecule has 4 heteroatoms. The molecule has 1 atom stereocenters. The maximum atomic E-state index is 4.46. The van der Waals surface area contributed by atoms with Gasteiger partial charge in [0.05, 0.1) is 10.2 Å². The van der Waals surface area contributed by atoms with Gasteiger partial charge < -0.3 is 4.57 Å². The fraction of sp³-hybridized carbons (Fsp3) is 0.500. The Balaban J connectivity index is 2.67. The summed E-state index contributed by atoms with van der Waals surface area (Å²) in [5.41, 5.74) is 2.26. The first-order chi connectivity index (χ1) is 9.67. The highest BCUT2D eigenvalue weighted by atomic mass is 32.1. The van der Waals surface area contributed by atoms with Gasteiger partial charge in [0.1, 0.15) is 0 Å². The number of hydrogen-bond donors (Lipinski definition) is 0. The van der Waals surface area contributed by atoms with Crippen molar-refractivity contribution >= 4 is 27.3 Å². The molecular formula is C16H23N3S. The highest BCUT2D eigenvalue weighted by Crippen LogP contribution is 2.25. The molecule has 0 aliphatic carbocycles. The van der Waals surface area contributed by atoms with Gasteiger partial charge in [0, 0.05) is 11.8 Å². The van der Waals surface area contributed by atoms with E-state index in [1.165, 1.54) is 23.1 Å². The molecule has 1 aromatic heterocycles. The van der Waals surface area contributed by atoms with E-state index in [0.29, 0.717) is 6.04 Å². The fourth-order valence-corrected chi connectivity index (χ4v) is 3.45. The summed E-state index contributed by atoms with van der Waals surface area (Å²) in [5, 5.41) is 8.72. The van der Waals surface area contributed by atoms with Crippen molar-refractivity contribution in [2.45, 2.75) is 53.0 Å². The monoisotopic (exact) mass is 289 g/mol. The summed E-state index contributed by atoms with van der Waals surface area (Å²) in [4.78, 5) is 1.01. The number of benzene rings is 1. The van der Waals surface area contributed by atoms with Gasteiger partial charge in [0.2, 0.25) is 4.80 Å². The molecule has 0 spiro atoms. The smallest absolute Gasteiger partial charge is 0.211 e. The van der Waals surface area contributed by atoms with E-state index in [9.17, 15) is 0 Å². The van der Waals surface area contributed by atoms with Crippen LogP contribution in [0.4, 0.5) is 0 Å². The van der Waals surface area contributed by atoms with Gasteiger partial charge in [-0.3, -0.25) is 0 Å². The molecule has 0 fully saturated rings. The van der Waals surface area contributed by atoms with Crippen molar-refractivity contribution in [3.05, 3.63) is 29.1 Å². The lowest BCUT2D eigenvalue weighted by molar-refractivity contribution is 0.450. The lowest BCUT2D eigenvalue weighted by atomic mass is 10.1. The van der Waals surface area contributed by atoms with Crippen molar-refractivity contribution in [2.75, 3.05) is 0 Å². The van der Waals surface area contributed by atoms with Crippen LogP contribution < -0.4 is 4.80 Å². The van der Waals surface area contributed by atoms with Gasteiger partial charge in [-0.15, -0.1) is 5.10 Å². The first-order valence-electron chi connectivity index (χ1n) is 7.32. The van der Waals surface area contributed by atoms with Gasteiger partial charge in [-0.1, -0.05) is 43.7 Å². The Labute approximate surface area is 124 Å². The molecule has 0 aliphatic rings. The molecule has 0 aliphatic heterocycles. The summed E-state index contributed by atoms with van der Waals surface area (Å²) in [5.74, 6) is 0. The molecule has 0 saturated heterocycles. The third kappa shape index (κ3) is 3.18. The maximum absolute atomic E-state index is 4.46. The minimum absolute atomic E-state index is 0.502. The highest BCUT2D eigenvalue weighted by molar-refractivity contribution is 7.16. The van der Waals surface area contributed by atoms with Crippen molar-refractivity contribution in [2.24, 2.45) is 10.2 Å². The average Bonchev–Trinajstić information content (AvgIpc) is 2.81.